The molecule has 0 spiro atoms. The number of rotatable bonds is 7. The van der Waals surface area contributed by atoms with Gasteiger partial charge in [0.15, 0.2) is 9.84 Å². The van der Waals surface area contributed by atoms with Crippen LogP contribution in [0.1, 0.15) is 28.4 Å². The molecule has 0 bridgehead atoms. The van der Waals surface area contributed by atoms with E-state index in [2.05, 4.69) is 10.6 Å². The van der Waals surface area contributed by atoms with Gasteiger partial charge in [-0.05, 0) is 43.7 Å². The highest BCUT2D eigenvalue weighted by atomic mass is 32.2. The van der Waals surface area contributed by atoms with Gasteiger partial charge in [0.2, 0.25) is 5.91 Å². The Morgan fingerprint density at radius 2 is 1.73 bits per heavy atom. The molecular formula is C19H22N2O4S. The van der Waals surface area contributed by atoms with Crippen molar-refractivity contribution in [2.24, 2.45) is 0 Å². The van der Waals surface area contributed by atoms with E-state index in [1.54, 1.807) is 37.3 Å². The smallest absolute Gasteiger partial charge is 0.251 e. The molecule has 2 aromatic rings. The first-order valence-corrected chi connectivity index (χ1v) is 10.1. The molecule has 0 aliphatic rings. The summed E-state index contributed by atoms with van der Waals surface area (Å²) in [5.74, 6) is -1.77. The fourth-order valence-electron chi connectivity index (χ4n) is 2.40. The van der Waals surface area contributed by atoms with Crippen LogP contribution in [-0.4, -0.2) is 32.5 Å². The standard InChI is InChI=1S/C19H22N2O4S/c1-3-20-19(23)16-6-4-5-15(11-16)12-26(24,25)13-18(22)21-17-9-7-14(2)8-10-17/h4-11H,3,12-13H2,1-2H3,(H,20,23)(H,21,22). The van der Waals surface area contributed by atoms with Crippen molar-refractivity contribution in [1.29, 1.82) is 0 Å². The van der Waals surface area contributed by atoms with Crippen molar-refractivity contribution in [3.63, 3.8) is 0 Å². The third-order valence-electron chi connectivity index (χ3n) is 3.60. The summed E-state index contributed by atoms with van der Waals surface area (Å²) in [6.45, 7) is 4.21. The molecule has 0 heterocycles. The predicted octanol–water partition coefficient (Wildman–Crippen LogP) is 2.30. The van der Waals surface area contributed by atoms with Gasteiger partial charge >= 0.3 is 0 Å². The fraction of sp³-hybridized carbons (Fsp3) is 0.263. The maximum Gasteiger partial charge on any atom is 0.251 e. The molecule has 0 radical (unpaired) electrons. The molecule has 26 heavy (non-hydrogen) atoms. The van der Waals surface area contributed by atoms with Crippen molar-refractivity contribution in [3.05, 3.63) is 65.2 Å². The van der Waals surface area contributed by atoms with E-state index in [0.717, 1.165) is 5.56 Å². The summed E-state index contributed by atoms with van der Waals surface area (Å²) in [5.41, 5.74) is 2.46. The Balaban J connectivity index is 2.01. The van der Waals surface area contributed by atoms with Crippen molar-refractivity contribution in [2.75, 3.05) is 17.6 Å². The van der Waals surface area contributed by atoms with Crippen molar-refractivity contribution < 1.29 is 18.0 Å². The van der Waals surface area contributed by atoms with E-state index < -0.39 is 21.5 Å². The fourth-order valence-corrected chi connectivity index (χ4v) is 3.66. The van der Waals surface area contributed by atoms with Gasteiger partial charge in [-0.25, -0.2) is 8.42 Å². The van der Waals surface area contributed by atoms with Crippen molar-refractivity contribution >= 4 is 27.3 Å². The third-order valence-corrected chi connectivity index (χ3v) is 5.07. The number of benzene rings is 2. The highest BCUT2D eigenvalue weighted by molar-refractivity contribution is 7.91. The second kappa shape index (κ2) is 8.62. The zero-order valence-electron chi connectivity index (χ0n) is 14.8. The van der Waals surface area contributed by atoms with E-state index in [1.807, 2.05) is 19.1 Å². The number of carbonyl (C=O) groups excluding carboxylic acids is 2. The molecule has 7 heteroatoms. The van der Waals surface area contributed by atoms with Crippen LogP contribution < -0.4 is 10.6 Å². The first-order chi connectivity index (χ1) is 12.3. The van der Waals surface area contributed by atoms with Gasteiger partial charge in [-0.3, -0.25) is 9.59 Å². The maximum absolute atomic E-state index is 12.3. The zero-order chi connectivity index (χ0) is 19.2. The van der Waals surface area contributed by atoms with E-state index in [0.29, 0.717) is 23.4 Å². The first-order valence-electron chi connectivity index (χ1n) is 8.23. The highest BCUT2D eigenvalue weighted by Crippen LogP contribution is 2.12. The molecule has 2 amide bonds. The number of hydrogen-bond donors (Lipinski definition) is 2. The average Bonchev–Trinajstić information content (AvgIpc) is 2.56. The molecule has 0 aliphatic carbocycles. The minimum atomic E-state index is -3.66. The van der Waals surface area contributed by atoms with Crippen LogP contribution in [0.4, 0.5) is 5.69 Å². The molecule has 0 saturated heterocycles. The van der Waals surface area contributed by atoms with Crippen LogP contribution in [0.3, 0.4) is 0 Å². The van der Waals surface area contributed by atoms with Crippen molar-refractivity contribution in [3.8, 4) is 0 Å². The Bertz CT molecular complexity index is 890. The Kier molecular flexibility index (Phi) is 6.52. The number of amides is 2. The third kappa shape index (κ3) is 6.00. The quantitative estimate of drug-likeness (QED) is 0.778. The van der Waals surface area contributed by atoms with E-state index >= 15 is 0 Å². The molecule has 2 aromatic carbocycles. The summed E-state index contributed by atoms with van der Waals surface area (Å²) in [7, 11) is -3.66. The van der Waals surface area contributed by atoms with Gasteiger partial charge in [-0.15, -0.1) is 0 Å². The number of anilines is 1. The maximum atomic E-state index is 12.3. The van der Waals surface area contributed by atoms with Crippen LogP contribution in [0.5, 0.6) is 0 Å². The number of hydrogen-bond acceptors (Lipinski definition) is 4. The summed E-state index contributed by atoms with van der Waals surface area (Å²) in [4.78, 5) is 23.9. The van der Waals surface area contributed by atoms with Crippen LogP contribution in [0.2, 0.25) is 0 Å². The molecule has 138 valence electrons. The summed E-state index contributed by atoms with van der Waals surface area (Å²) < 4.78 is 24.6. The lowest BCUT2D eigenvalue weighted by atomic mass is 10.1. The molecule has 0 unspecified atom stereocenters. The number of sulfone groups is 1. The molecule has 0 aliphatic heterocycles. The van der Waals surface area contributed by atoms with Crippen LogP contribution in [0.25, 0.3) is 0 Å². The predicted molar refractivity (Wildman–Crippen MR) is 102 cm³/mol. The van der Waals surface area contributed by atoms with E-state index in [4.69, 9.17) is 0 Å². The van der Waals surface area contributed by atoms with E-state index in [-0.39, 0.29) is 11.7 Å². The summed E-state index contributed by atoms with van der Waals surface area (Å²) in [6.07, 6.45) is 0. The van der Waals surface area contributed by atoms with Gasteiger partial charge < -0.3 is 10.6 Å². The van der Waals surface area contributed by atoms with Gasteiger partial charge in [0.1, 0.15) is 5.75 Å². The van der Waals surface area contributed by atoms with E-state index in [1.165, 1.54) is 6.07 Å². The highest BCUT2D eigenvalue weighted by Gasteiger charge is 2.18. The molecule has 6 nitrogen and oxygen atoms in total. The Morgan fingerprint density at radius 3 is 2.38 bits per heavy atom. The molecular weight excluding hydrogens is 352 g/mol. The van der Waals surface area contributed by atoms with E-state index in [9.17, 15) is 18.0 Å². The van der Waals surface area contributed by atoms with Gasteiger partial charge in [0.25, 0.3) is 5.91 Å². The average molecular weight is 374 g/mol. The van der Waals surface area contributed by atoms with Crippen LogP contribution in [0, 0.1) is 6.92 Å². The topological polar surface area (TPSA) is 92.3 Å². The van der Waals surface area contributed by atoms with Crippen molar-refractivity contribution in [1.82, 2.24) is 5.32 Å². The lowest BCUT2D eigenvalue weighted by Crippen LogP contribution is -2.24. The zero-order valence-corrected chi connectivity index (χ0v) is 15.6. The lowest BCUT2D eigenvalue weighted by Gasteiger charge is -2.08. The Labute approximate surface area is 153 Å². The first kappa shape index (κ1) is 19.7. The number of nitrogens with one attached hydrogen (secondary N) is 2. The van der Waals surface area contributed by atoms with Crippen LogP contribution in [-0.2, 0) is 20.4 Å². The lowest BCUT2D eigenvalue weighted by molar-refractivity contribution is -0.113. The Morgan fingerprint density at radius 1 is 1.04 bits per heavy atom. The normalized spacial score (nSPS) is 11.0. The number of carbonyl (C=O) groups is 2. The summed E-state index contributed by atoms with van der Waals surface area (Å²) in [6, 6.07) is 13.5. The molecule has 0 atom stereocenters. The monoisotopic (exact) mass is 374 g/mol. The number of aryl methyl sites for hydroxylation is 1. The van der Waals surface area contributed by atoms with Gasteiger partial charge in [0, 0.05) is 17.8 Å². The van der Waals surface area contributed by atoms with Crippen LogP contribution >= 0.6 is 0 Å². The van der Waals surface area contributed by atoms with Crippen LogP contribution in [0.15, 0.2) is 48.5 Å². The molecule has 2 rings (SSSR count). The largest absolute Gasteiger partial charge is 0.352 e. The molecule has 2 N–H and O–H groups in total. The van der Waals surface area contributed by atoms with Crippen molar-refractivity contribution in [2.45, 2.75) is 19.6 Å². The van der Waals surface area contributed by atoms with Gasteiger partial charge in [-0.2, -0.15) is 0 Å². The van der Waals surface area contributed by atoms with Gasteiger partial charge in [0.05, 0.1) is 5.75 Å². The molecule has 0 fully saturated rings. The second-order valence-corrected chi connectivity index (χ2v) is 8.07. The molecule has 0 saturated carbocycles. The minimum absolute atomic E-state index is 0.260. The second-order valence-electron chi connectivity index (χ2n) is 6.01. The summed E-state index contributed by atoms with van der Waals surface area (Å²) in [5, 5.41) is 5.24. The summed E-state index contributed by atoms with van der Waals surface area (Å²) >= 11 is 0. The van der Waals surface area contributed by atoms with Gasteiger partial charge in [-0.1, -0.05) is 29.8 Å². The molecule has 0 aromatic heterocycles. The Hall–Kier alpha value is -2.67. The minimum Gasteiger partial charge on any atom is -0.352 e. The SMILES string of the molecule is CCNC(=O)c1cccc(CS(=O)(=O)CC(=O)Nc2ccc(C)cc2)c1.